The van der Waals surface area contributed by atoms with Gasteiger partial charge in [0.1, 0.15) is 10.7 Å². The summed E-state index contributed by atoms with van der Waals surface area (Å²) in [5.41, 5.74) is 1.12. The zero-order chi connectivity index (χ0) is 23.0. The summed E-state index contributed by atoms with van der Waals surface area (Å²) in [7, 11) is -3.90. The number of sulfonamides is 1. The first kappa shape index (κ1) is 23.2. The van der Waals surface area contributed by atoms with Gasteiger partial charge in [0.05, 0.1) is 23.3 Å². The minimum atomic E-state index is -3.90. The third-order valence-corrected chi connectivity index (χ3v) is 8.26. The van der Waals surface area contributed by atoms with Crippen LogP contribution in [0.1, 0.15) is 48.7 Å². The van der Waals surface area contributed by atoms with Crippen LogP contribution in [0.3, 0.4) is 0 Å². The van der Waals surface area contributed by atoms with Gasteiger partial charge in [0.25, 0.3) is 5.91 Å². The lowest BCUT2D eigenvalue weighted by Crippen LogP contribution is -2.48. The van der Waals surface area contributed by atoms with E-state index in [4.69, 9.17) is 16.3 Å². The first-order valence-electron chi connectivity index (χ1n) is 10.7. The molecule has 2 fully saturated rings. The lowest BCUT2D eigenvalue weighted by Gasteiger charge is -2.34. The van der Waals surface area contributed by atoms with Crippen molar-refractivity contribution in [2.45, 2.75) is 49.8 Å². The molecule has 2 aromatic carbocycles. The number of ether oxygens (including phenoxy) is 1. The lowest BCUT2D eigenvalue weighted by molar-refractivity contribution is -0.0440. The summed E-state index contributed by atoms with van der Waals surface area (Å²) in [5, 5.41) is 0.0739. The quantitative estimate of drug-likeness (QED) is 0.656. The molecular weight excluding hydrogens is 455 g/mol. The van der Waals surface area contributed by atoms with Crippen molar-refractivity contribution in [1.29, 1.82) is 0 Å². The van der Waals surface area contributed by atoms with Crippen LogP contribution >= 0.6 is 11.6 Å². The zero-order valence-corrected chi connectivity index (χ0v) is 19.6. The number of morpholine rings is 1. The molecule has 4 rings (SSSR count). The molecule has 0 N–H and O–H groups in total. The van der Waals surface area contributed by atoms with E-state index >= 15 is 0 Å². The van der Waals surface area contributed by atoms with Crippen LogP contribution in [0.15, 0.2) is 47.4 Å². The maximum atomic E-state index is 13.3. The zero-order valence-electron chi connectivity index (χ0n) is 18.0. The Balaban J connectivity index is 1.63. The molecule has 0 bridgehead atoms. The van der Waals surface area contributed by atoms with E-state index in [1.165, 1.54) is 28.6 Å². The summed E-state index contributed by atoms with van der Waals surface area (Å²) in [6.07, 6.45) is 1.10. The highest BCUT2D eigenvalue weighted by atomic mass is 35.5. The van der Waals surface area contributed by atoms with Gasteiger partial charge < -0.3 is 9.64 Å². The van der Waals surface area contributed by atoms with Crippen LogP contribution in [0, 0.1) is 5.82 Å². The van der Waals surface area contributed by atoms with Crippen molar-refractivity contribution in [3.8, 4) is 0 Å². The van der Waals surface area contributed by atoms with Gasteiger partial charge in [-0.1, -0.05) is 23.7 Å². The van der Waals surface area contributed by atoms with Crippen LogP contribution < -0.4 is 0 Å². The number of carbonyl (C=O) groups excluding carboxylic acids is 1. The van der Waals surface area contributed by atoms with E-state index in [1.54, 1.807) is 23.1 Å². The SMILES string of the molecule is C[C@@H]1CN(S(=O)(=O)c2cc(C(=O)N3CCC[C@@H]3c3ccc(F)cc3)ccc2Cl)C[C@H](C)O1. The second-order valence-electron chi connectivity index (χ2n) is 8.43. The third kappa shape index (κ3) is 4.55. The van der Waals surface area contributed by atoms with Crippen molar-refractivity contribution >= 4 is 27.5 Å². The molecule has 2 aromatic rings. The summed E-state index contributed by atoms with van der Waals surface area (Å²) in [6.45, 7) is 4.63. The number of nitrogens with zero attached hydrogens (tertiary/aromatic N) is 2. The molecule has 0 aromatic heterocycles. The van der Waals surface area contributed by atoms with E-state index in [0.717, 1.165) is 18.4 Å². The molecule has 2 aliphatic rings. The fraction of sp³-hybridized carbons (Fsp3) is 0.435. The first-order valence-corrected chi connectivity index (χ1v) is 12.5. The van der Waals surface area contributed by atoms with Crippen LogP contribution in [-0.4, -0.2) is 55.4 Å². The summed E-state index contributed by atoms with van der Waals surface area (Å²) < 4.78 is 47.0. The van der Waals surface area contributed by atoms with Crippen LogP contribution in [0.4, 0.5) is 4.39 Å². The van der Waals surface area contributed by atoms with E-state index in [2.05, 4.69) is 0 Å². The molecule has 0 aliphatic carbocycles. The van der Waals surface area contributed by atoms with Gasteiger partial charge in [-0.15, -0.1) is 0 Å². The molecule has 2 heterocycles. The van der Waals surface area contributed by atoms with Crippen molar-refractivity contribution in [2.75, 3.05) is 19.6 Å². The first-order chi connectivity index (χ1) is 15.2. The molecule has 0 radical (unpaired) electrons. The Morgan fingerprint density at radius 3 is 2.41 bits per heavy atom. The predicted octanol–water partition coefficient (Wildman–Crippen LogP) is 4.25. The summed E-state index contributed by atoms with van der Waals surface area (Å²) in [5.74, 6) is -0.599. The fourth-order valence-corrected chi connectivity index (χ4v) is 6.60. The number of halogens is 2. The molecule has 0 saturated carbocycles. The monoisotopic (exact) mass is 480 g/mol. The molecular formula is C23H26ClFN2O4S. The van der Waals surface area contributed by atoms with Crippen LogP contribution in [0.5, 0.6) is 0 Å². The molecule has 3 atom stereocenters. The van der Waals surface area contributed by atoms with Crippen molar-refractivity contribution < 1.29 is 22.3 Å². The van der Waals surface area contributed by atoms with Crippen LogP contribution in [-0.2, 0) is 14.8 Å². The van der Waals surface area contributed by atoms with Gasteiger partial charge >= 0.3 is 0 Å². The average Bonchev–Trinajstić information content (AvgIpc) is 3.23. The Labute approximate surface area is 193 Å². The van der Waals surface area contributed by atoms with Crippen molar-refractivity contribution in [3.05, 3.63) is 64.4 Å². The van der Waals surface area contributed by atoms with E-state index in [0.29, 0.717) is 6.54 Å². The number of rotatable bonds is 4. The summed E-state index contributed by atoms with van der Waals surface area (Å²) in [6, 6.07) is 10.3. The van der Waals surface area contributed by atoms with Gasteiger partial charge in [0.15, 0.2) is 0 Å². The largest absolute Gasteiger partial charge is 0.373 e. The number of amides is 1. The molecule has 2 saturated heterocycles. The van der Waals surface area contributed by atoms with E-state index in [1.807, 2.05) is 13.8 Å². The Morgan fingerprint density at radius 1 is 1.09 bits per heavy atom. The Hall–Kier alpha value is -2.00. The molecule has 2 aliphatic heterocycles. The van der Waals surface area contributed by atoms with Crippen molar-refractivity contribution in [3.63, 3.8) is 0 Å². The highest BCUT2D eigenvalue weighted by molar-refractivity contribution is 7.89. The van der Waals surface area contributed by atoms with Gasteiger partial charge in [-0.25, -0.2) is 12.8 Å². The average molecular weight is 481 g/mol. The minimum Gasteiger partial charge on any atom is -0.373 e. The smallest absolute Gasteiger partial charge is 0.254 e. The molecule has 32 heavy (non-hydrogen) atoms. The van der Waals surface area contributed by atoms with E-state index in [9.17, 15) is 17.6 Å². The summed E-state index contributed by atoms with van der Waals surface area (Å²) >= 11 is 6.28. The number of hydrogen-bond acceptors (Lipinski definition) is 4. The maximum Gasteiger partial charge on any atom is 0.254 e. The van der Waals surface area contributed by atoms with E-state index in [-0.39, 0.29) is 58.5 Å². The third-order valence-electron chi connectivity index (χ3n) is 5.95. The normalized spacial score (nSPS) is 24.6. The molecule has 9 heteroatoms. The molecule has 1 amide bonds. The molecule has 6 nitrogen and oxygen atoms in total. The van der Waals surface area contributed by atoms with Gasteiger partial charge in [0.2, 0.25) is 10.0 Å². The highest BCUT2D eigenvalue weighted by Gasteiger charge is 2.35. The maximum absolute atomic E-state index is 13.3. The number of benzene rings is 2. The Bertz CT molecular complexity index is 1100. The second-order valence-corrected chi connectivity index (χ2v) is 10.7. The van der Waals surface area contributed by atoms with Crippen LogP contribution in [0.25, 0.3) is 0 Å². The van der Waals surface area contributed by atoms with Gasteiger partial charge in [-0.2, -0.15) is 4.31 Å². The topological polar surface area (TPSA) is 66.9 Å². The summed E-state index contributed by atoms with van der Waals surface area (Å²) in [4.78, 5) is 15.0. The number of carbonyl (C=O) groups is 1. The number of hydrogen-bond donors (Lipinski definition) is 0. The predicted molar refractivity (Wildman–Crippen MR) is 120 cm³/mol. The van der Waals surface area contributed by atoms with Gasteiger partial charge in [-0.05, 0) is 62.6 Å². The van der Waals surface area contributed by atoms with Crippen molar-refractivity contribution in [1.82, 2.24) is 9.21 Å². The number of likely N-dealkylation sites (tertiary alicyclic amines) is 1. The molecule has 172 valence electrons. The lowest BCUT2D eigenvalue weighted by atomic mass is 10.0. The highest BCUT2D eigenvalue weighted by Crippen LogP contribution is 2.34. The standard InChI is InChI=1S/C23H26ClFN2O4S/c1-15-13-26(14-16(2)31-15)32(29,30)22-12-18(7-10-20(22)24)23(28)27-11-3-4-21(27)17-5-8-19(25)9-6-17/h5-10,12,15-16,21H,3-4,11,13-14H2,1-2H3/t15-,16+,21-/m1/s1. The van der Waals surface area contributed by atoms with Gasteiger partial charge in [-0.3, -0.25) is 4.79 Å². The second kappa shape index (κ2) is 9.09. The molecule has 0 spiro atoms. The fourth-order valence-electron chi connectivity index (χ4n) is 4.51. The van der Waals surface area contributed by atoms with Crippen LogP contribution in [0.2, 0.25) is 5.02 Å². The van der Waals surface area contributed by atoms with Gasteiger partial charge in [0, 0.05) is 25.2 Å². The minimum absolute atomic E-state index is 0.0739. The Morgan fingerprint density at radius 2 is 1.75 bits per heavy atom. The Kier molecular flexibility index (Phi) is 6.58. The molecule has 0 unspecified atom stereocenters. The van der Waals surface area contributed by atoms with E-state index < -0.39 is 10.0 Å². The van der Waals surface area contributed by atoms with Crippen molar-refractivity contribution in [2.24, 2.45) is 0 Å².